The molecule has 0 aliphatic carbocycles. The highest BCUT2D eigenvalue weighted by Crippen LogP contribution is 2.33. The fourth-order valence-electron chi connectivity index (χ4n) is 1.73. The lowest BCUT2D eigenvalue weighted by molar-refractivity contribution is 0.171. The highest BCUT2D eigenvalue weighted by Gasteiger charge is 2.14. The van der Waals surface area contributed by atoms with E-state index in [0.717, 1.165) is 22.9 Å². The van der Waals surface area contributed by atoms with Gasteiger partial charge >= 0.3 is 0 Å². The maximum Gasteiger partial charge on any atom is 0.163 e. The summed E-state index contributed by atoms with van der Waals surface area (Å²) in [5.41, 5.74) is 0.976. The van der Waals surface area contributed by atoms with Gasteiger partial charge in [-0.3, -0.25) is 0 Å². The van der Waals surface area contributed by atoms with Gasteiger partial charge in [-0.15, -0.1) is 10.2 Å². The van der Waals surface area contributed by atoms with E-state index in [1.165, 1.54) is 0 Å². The molecule has 0 saturated carbocycles. The molecular formula is C11H11N3O2. The zero-order valence-corrected chi connectivity index (χ0v) is 8.88. The Balaban J connectivity index is 2.06. The van der Waals surface area contributed by atoms with E-state index in [9.17, 15) is 0 Å². The number of hydrogen-bond donors (Lipinski definition) is 0. The number of benzene rings is 1. The summed E-state index contributed by atoms with van der Waals surface area (Å²) in [5.74, 6) is 2.38. The summed E-state index contributed by atoms with van der Waals surface area (Å²) >= 11 is 0. The summed E-state index contributed by atoms with van der Waals surface area (Å²) in [6.45, 7) is 1.20. The molecule has 0 saturated heterocycles. The summed E-state index contributed by atoms with van der Waals surface area (Å²) < 4.78 is 12.8. The third-order valence-electron chi connectivity index (χ3n) is 2.51. The number of fused-ring (bicyclic) bond motifs is 1. The molecule has 3 rings (SSSR count). The largest absolute Gasteiger partial charge is 0.486 e. The van der Waals surface area contributed by atoms with Gasteiger partial charge in [0.2, 0.25) is 0 Å². The van der Waals surface area contributed by atoms with E-state index in [1.54, 1.807) is 6.33 Å². The van der Waals surface area contributed by atoms with Crippen molar-refractivity contribution in [1.82, 2.24) is 14.8 Å². The van der Waals surface area contributed by atoms with Crippen molar-refractivity contribution in [1.29, 1.82) is 0 Å². The lowest BCUT2D eigenvalue weighted by atomic mass is 10.2. The topological polar surface area (TPSA) is 49.2 Å². The Morgan fingerprint density at radius 3 is 2.75 bits per heavy atom. The zero-order valence-electron chi connectivity index (χ0n) is 8.88. The van der Waals surface area contributed by atoms with Crippen LogP contribution < -0.4 is 9.47 Å². The predicted octanol–water partition coefficient (Wildman–Crippen LogP) is 1.25. The summed E-state index contributed by atoms with van der Waals surface area (Å²) in [7, 11) is 1.91. The highest BCUT2D eigenvalue weighted by molar-refractivity contribution is 5.61. The fourth-order valence-corrected chi connectivity index (χ4v) is 1.73. The van der Waals surface area contributed by atoms with E-state index < -0.39 is 0 Å². The molecule has 0 amide bonds. The van der Waals surface area contributed by atoms with Gasteiger partial charge in [-0.1, -0.05) is 0 Å². The molecule has 0 spiro atoms. The van der Waals surface area contributed by atoms with Crippen LogP contribution in [0.2, 0.25) is 0 Å². The normalized spacial score (nSPS) is 13.8. The number of ether oxygens (including phenoxy) is 2. The maximum atomic E-state index is 5.52. The summed E-state index contributed by atoms with van der Waals surface area (Å²) in [4.78, 5) is 0. The van der Waals surface area contributed by atoms with Crippen molar-refractivity contribution in [2.24, 2.45) is 7.05 Å². The minimum Gasteiger partial charge on any atom is -0.486 e. The van der Waals surface area contributed by atoms with Crippen LogP contribution in [0, 0.1) is 0 Å². The maximum absolute atomic E-state index is 5.52. The molecular weight excluding hydrogens is 206 g/mol. The molecule has 2 heterocycles. The first-order valence-corrected chi connectivity index (χ1v) is 5.08. The molecule has 0 fully saturated rings. The second kappa shape index (κ2) is 3.52. The van der Waals surface area contributed by atoms with Gasteiger partial charge in [-0.25, -0.2) is 0 Å². The van der Waals surface area contributed by atoms with Crippen LogP contribution in [0.1, 0.15) is 0 Å². The minimum absolute atomic E-state index is 0.593. The Labute approximate surface area is 92.6 Å². The monoisotopic (exact) mass is 217 g/mol. The van der Waals surface area contributed by atoms with Crippen molar-refractivity contribution in [3.63, 3.8) is 0 Å². The summed E-state index contributed by atoms with van der Waals surface area (Å²) in [5, 5.41) is 7.90. The molecule has 5 nitrogen and oxygen atoms in total. The molecule has 1 aliphatic heterocycles. The minimum atomic E-state index is 0.593. The van der Waals surface area contributed by atoms with E-state index in [4.69, 9.17) is 9.47 Å². The molecule has 2 aromatic rings. The molecule has 1 aromatic carbocycles. The van der Waals surface area contributed by atoms with Gasteiger partial charge in [-0.2, -0.15) is 0 Å². The second-order valence-corrected chi connectivity index (χ2v) is 3.62. The van der Waals surface area contributed by atoms with Crippen LogP contribution in [0.25, 0.3) is 11.4 Å². The smallest absolute Gasteiger partial charge is 0.163 e. The van der Waals surface area contributed by atoms with Crippen LogP contribution >= 0.6 is 0 Å². The molecule has 1 aromatic heterocycles. The fraction of sp³-hybridized carbons (Fsp3) is 0.273. The van der Waals surface area contributed by atoms with Crippen LogP contribution in [0.15, 0.2) is 24.5 Å². The Morgan fingerprint density at radius 1 is 1.19 bits per heavy atom. The van der Waals surface area contributed by atoms with Gasteiger partial charge in [0, 0.05) is 12.6 Å². The van der Waals surface area contributed by atoms with Gasteiger partial charge in [0.25, 0.3) is 0 Å². The third kappa shape index (κ3) is 1.41. The summed E-state index contributed by atoms with van der Waals surface area (Å²) in [6, 6.07) is 5.79. The van der Waals surface area contributed by atoms with Crippen molar-refractivity contribution in [2.75, 3.05) is 13.2 Å². The quantitative estimate of drug-likeness (QED) is 0.721. The van der Waals surface area contributed by atoms with Crippen molar-refractivity contribution >= 4 is 0 Å². The Bertz CT molecular complexity index is 522. The summed E-state index contributed by atoms with van der Waals surface area (Å²) in [6.07, 6.45) is 1.67. The van der Waals surface area contributed by atoms with Crippen molar-refractivity contribution in [3.8, 4) is 22.9 Å². The molecule has 5 heteroatoms. The van der Waals surface area contributed by atoms with Crippen molar-refractivity contribution in [2.45, 2.75) is 0 Å². The lowest BCUT2D eigenvalue weighted by Gasteiger charge is -2.18. The van der Waals surface area contributed by atoms with Crippen LogP contribution in [-0.4, -0.2) is 28.0 Å². The van der Waals surface area contributed by atoms with E-state index in [1.807, 2.05) is 29.8 Å². The molecule has 82 valence electrons. The molecule has 0 bridgehead atoms. The molecule has 0 radical (unpaired) electrons. The highest BCUT2D eigenvalue weighted by atomic mass is 16.6. The first-order valence-electron chi connectivity index (χ1n) is 5.08. The van der Waals surface area contributed by atoms with Gasteiger partial charge in [-0.05, 0) is 18.2 Å². The van der Waals surface area contributed by atoms with Crippen LogP contribution in [0.5, 0.6) is 11.5 Å². The predicted molar refractivity (Wildman–Crippen MR) is 57.4 cm³/mol. The van der Waals surface area contributed by atoms with Crippen LogP contribution in [0.3, 0.4) is 0 Å². The average molecular weight is 217 g/mol. The number of aryl methyl sites for hydroxylation is 1. The van der Waals surface area contributed by atoms with Crippen LogP contribution in [0.4, 0.5) is 0 Å². The number of hydrogen-bond acceptors (Lipinski definition) is 4. The van der Waals surface area contributed by atoms with Gasteiger partial charge < -0.3 is 14.0 Å². The standard InChI is InChI=1S/C11H11N3O2/c1-14-7-12-13-11(14)8-2-3-9-10(6-8)16-5-4-15-9/h2-3,6-7H,4-5H2,1H3. The average Bonchev–Trinajstić information content (AvgIpc) is 2.75. The van der Waals surface area contributed by atoms with E-state index in [2.05, 4.69) is 10.2 Å². The lowest BCUT2D eigenvalue weighted by Crippen LogP contribution is -2.15. The second-order valence-electron chi connectivity index (χ2n) is 3.62. The molecule has 0 unspecified atom stereocenters. The number of rotatable bonds is 1. The van der Waals surface area contributed by atoms with E-state index in [0.29, 0.717) is 13.2 Å². The molecule has 1 aliphatic rings. The number of aromatic nitrogens is 3. The van der Waals surface area contributed by atoms with E-state index >= 15 is 0 Å². The molecule has 16 heavy (non-hydrogen) atoms. The van der Waals surface area contributed by atoms with E-state index in [-0.39, 0.29) is 0 Å². The third-order valence-corrected chi connectivity index (χ3v) is 2.51. The van der Waals surface area contributed by atoms with Gasteiger partial charge in [0.05, 0.1) is 0 Å². The Kier molecular flexibility index (Phi) is 2.02. The van der Waals surface area contributed by atoms with Gasteiger partial charge in [0.1, 0.15) is 19.5 Å². The number of nitrogens with zero attached hydrogens (tertiary/aromatic N) is 3. The zero-order chi connectivity index (χ0) is 11.0. The first-order chi connectivity index (χ1) is 7.84. The Hall–Kier alpha value is -2.04. The SMILES string of the molecule is Cn1cnnc1-c1ccc2c(c1)OCCO2. The molecule has 0 N–H and O–H groups in total. The van der Waals surface area contributed by atoms with Crippen LogP contribution in [-0.2, 0) is 7.05 Å². The van der Waals surface area contributed by atoms with Crippen molar-refractivity contribution in [3.05, 3.63) is 24.5 Å². The van der Waals surface area contributed by atoms with Gasteiger partial charge in [0.15, 0.2) is 17.3 Å². The first kappa shape index (κ1) is 9.21. The Morgan fingerprint density at radius 2 is 2.00 bits per heavy atom. The molecule has 0 atom stereocenters. The van der Waals surface area contributed by atoms with Crippen molar-refractivity contribution < 1.29 is 9.47 Å².